The van der Waals surface area contributed by atoms with Crippen molar-refractivity contribution in [1.82, 2.24) is 0 Å². The number of hydrogen-bond acceptors (Lipinski definition) is 4. The molecule has 4 nitrogen and oxygen atoms in total. The van der Waals surface area contributed by atoms with Crippen LogP contribution in [0.4, 0.5) is 0 Å². The van der Waals surface area contributed by atoms with Crippen molar-refractivity contribution in [2.24, 2.45) is 10.8 Å². The van der Waals surface area contributed by atoms with Gasteiger partial charge in [-0.3, -0.25) is 0 Å². The summed E-state index contributed by atoms with van der Waals surface area (Å²) in [4.78, 5) is 26.0. The molecule has 0 N–H and O–H groups in total. The van der Waals surface area contributed by atoms with Gasteiger partial charge in [0.1, 0.15) is 0 Å². The molecule has 2 aliphatic carbocycles. The van der Waals surface area contributed by atoms with Gasteiger partial charge in [0.25, 0.3) is 0 Å². The number of carbonyl (C=O) groups is 2. The molecule has 1 heterocycles. The molecule has 5 heteroatoms. The quantitative estimate of drug-likeness (QED) is 0.579. The molecule has 146 valence electrons. The third-order valence-electron chi connectivity index (χ3n) is 5.21. The molecule has 0 saturated carbocycles. The third-order valence-corrected chi connectivity index (χ3v) is 10.8. The van der Waals surface area contributed by atoms with Crippen molar-refractivity contribution in [3.05, 3.63) is 43.2 Å². The molecule has 0 bridgehead atoms. The summed E-state index contributed by atoms with van der Waals surface area (Å²) in [6.45, 7) is 11.1. The van der Waals surface area contributed by atoms with Gasteiger partial charge in [-0.05, 0) is 0 Å². The molecule has 0 amide bonds. The molecule has 1 aliphatic heterocycles. The van der Waals surface area contributed by atoms with E-state index in [0.29, 0.717) is 12.8 Å². The van der Waals surface area contributed by atoms with E-state index in [9.17, 15) is 9.59 Å². The summed E-state index contributed by atoms with van der Waals surface area (Å²) in [6, 6.07) is 0. The topological polar surface area (TPSA) is 52.6 Å². The van der Waals surface area contributed by atoms with Crippen LogP contribution in [0.1, 0.15) is 67.2 Å². The van der Waals surface area contributed by atoms with Crippen LogP contribution >= 0.6 is 0 Å². The molecule has 0 spiro atoms. The molecular weight excluding hydrogens is 376 g/mol. The van der Waals surface area contributed by atoms with E-state index in [4.69, 9.17) is 6.64 Å². The van der Waals surface area contributed by atoms with Gasteiger partial charge in [-0.25, -0.2) is 0 Å². The summed E-state index contributed by atoms with van der Waals surface area (Å²) >= 11 is -4.09. The molecule has 0 aromatic heterocycles. The zero-order valence-electron chi connectivity index (χ0n) is 17.3. The van der Waals surface area contributed by atoms with E-state index in [1.807, 2.05) is 41.5 Å². The maximum atomic E-state index is 13.0. The van der Waals surface area contributed by atoms with Crippen molar-refractivity contribution in [1.29, 1.82) is 0 Å². The Kier molecular flexibility index (Phi) is 5.20. The van der Waals surface area contributed by atoms with Crippen LogP contribution in [-0.4, -0.2) is 11.9 Å². The Bertz CT molecular complexity index is 729. The predicted molar refractivity (Wildman–Crippen MR) is 102 cm³/mol. The second-order valence-corrected chi connectivity index (χ2v) is 14.1. The fourth-order valence-corrected chi connectivity index (χ4v) is 9.90. The molecule has 0 fully saturated rings. The monoisotopic (exact) mass is 406 g/mol. The summed E-state index contributed by atoms with van der Waals surface area (Å²) < 4.78 is 14.8. The van der Waals surface area contributed by atoms with Crippen LogP contribution in [0.15, 0.2) is 43.2 Å². The molecule has 0 aromatic carbocycles. The first-order valence-electron chi connectivity index (χ1n) is 9.70. The van der Waals surface area contributed by atoms with Gasteiger partial charge < -0.3 is 0 Å². The van der Waals surface area contributed by atoms with Crippen LogP contribution in [0.3, 0.4) is 0 Å². The SMILES string of the molecule is CC(C)(C)C(=O)[O][Ti]1([O]C(=O)C(C)(C)C)[C]2=C(C=CC2)CCC2=[C]1CC=C2. The summed E-state index contributed by atoms with van der Waals surface area (Å²) in [5.74, 6) is -0.577. The Morgan fingerprint density at radius 1 is 0.778 bits per heavy atom. The van der Waals surface area contributed by atoms with Crippen molar-refractivity contribution in [3.63, 3.8) is 0 Å². The molecule has 3 rings (SSSR count). The van der Waals surface area contributed by atoms with E-state index in [1.165, 1.54) is 11.1 Å². The summed E-state index contributed by atoms with van der Waals surface area (Å²) in [7, 11) is 0. The second kappa shape index (κ2) is 6.90. The molecule has 0 aromatic rings. The molecule has 0 saturated heterocycles. The van der Waals surface area contributed by atoms with Gasteiger partial charge in [0.15, 0.2) is 0 Å². The van der Waals surface area contributed by atoms with Gasteiger partial charge in [0, 0.05) is 0 Å². The van der Waals surface area contributed by atoms with Crippen LogP contribution in [0.25, 0.3) is 0 Å². The zero-order chi connectivity index (χ0) is 20.0. The van der Waals surface area contributed by atoms with Crippen LogP contribution in [0.2, 0.25) is 0 Å². The van der Waals surface area contributed by atoms with Crippen LogP contribution < -0.4 is 0 Å². The van der Waals surface area contributed by atoms with Gasteiger partial charge in [0.2, 0.25) is 0 Å². The fraction of sp³-hybridized carbons (Fsp3) is 0.545. The number of allylic oxidation sites excluding steroid dienone is 8. The van der Waals surface area contributed by atoms with E-state index in [-0.39, 0.29) is 11.9 Å². The standard InChI is InChI=1S/C12H12.2C5H10O2.Ti/c1-2-6-11(5-1)9-10-12-7-3-4-8-12;2*1-5(2,3)4(6)7;/h1,3,5,7H,2,4,9-10H2;2*1-3H3,(H,6,7);/q;;;+2/p-2. The Labute approximate surface area is 166 Å². The fourth-order valence-electron chi connectivity index (χ4n) is 3.55. The maximum absolute atomic E-state index is 13.0. The summed E-state index contributed by atoms with van der Waals surface area (Å²) in [6.07, 6.45) is 11.7. The molecule has 27 heavy (non-hydrogen) atoms. The first-order chi connectivity index (χ1) is 12.4. The minimum absolute atomic E-state index is 0.288. The van der Waals surface area contributed by atoms with E-state index in [0.717, 1.165) is 20.6 Å². The van der Waals surface area contributed by atoms with Crippen molar-refractivity contribution in [2.45, 2.75) is 67.2 Å². The Morgan fingerprint density at radius 3 is 1.48 bits per heavy atom. The van der Waals surface area contributed by atoms with Crippen molar-refractivity contribution >= 4 is 11.9 Å². The van der Waals surface area contributed by atoms with Gasteiger partial charge in [0.05, 0.1) is 0 Å². The molecule has 0 atom stereocenters. The van der Waals surface area contributed by atoms with E-state index in [1.54, 1.807) is 0 Å². The van der Waals surface area contributed by atoms with Crippen LogP contribution in [0.5, 0.6) is 0 Å². The van der Waals surface area contributed by atoms with Gasteiger partial charge in [-0.15, -0.1) is 0 Å². The first kappa shape index (κ1) is 20.4. The number of hydrogen-bond donors (Lipinski definition) is 0. The average Bonchev–Trinajstić information content (AvgIpc) is 3.18. The first-order valence-corrected chi connectivity index (χ1v) is 12.5. The molecule has 3 aliphatic rings. The number of carbonyl (C=O) groups excluding carboxylic acids is 2. The van der Waals surface area contributed by atoms with Gasteiger partial charge >= 0.3 is 167 Å². The van der Waals surface area contributed by atoms with Crippen LogP contribution in [0, 0.1) is 10.8 Å². The van der Waals surface area contributed by atoms with Crippen LogP contribution in [-0.2, 0) is 33.6 Å². The van der Waals surface area contributed by atoms with E-state index in [2.05, 4.69) is 24.3 Å². The molecule has 0 radical (unpaired) electrons. The number of rotatable bonds is 2. The Morgan fingerprint density at radius 2 is 1.15 bits per heavy atom. The molecule has 0 unspecified atom stereocenters. The zero-order valence-corrected chi connectivity index (χ0v) is 18.8. The Balaban J connectivity index is 2.16. The Hall–Kier alpha value is -1.39. The van der Waals surface area contributed by atoms with Gasteiger partial charge in [-0.2, -0.15) is 0 Å². The van der Waals surface area contributed by atoms with Crippen molar-refractivity contribution in [2.75, 3.05) is 0 Å². The summed E-state index contributed by atoms with van der Waals surface area (Å²) in [5.41, 5.74) is 1.08. The third kappa shape index (κ3) is 3.79. The van der Waals surface area contributed by atoms with Crippen molar-refractivity contribution < 1.29 is 33.6 Å². The van der Waals surface area contributed by atoms with Gasteiger partial charge in [-0.1, -0.05) is 0 Å². The minimum atomic E-state index is -4.09. The summed E-state index contributed by atoms with van der Waals surface area (Å²) in [5, 5.41) is 0. The predicted octanol–water partition coefficient (Wildman–Crippen LogP) is 5.37. The van der Waals surface area contributed by atoms with Crippen molar-refractivity contribution in [3.8, 4) is 0 Å². The average molecular weight is 406 g/mol. The van der Waals surface area contributed by atoms with E-state index >= 15 is 0 Å². The van der Waals surface area contributed by atoms with E-state index < -0.39 is 28.2 Å². The molecular formula is C22H30O4Ti. The second-order valence-electron chi connectivity index (χ2n) is 9.62. The normalized spacial score (nSPS) is 21.1.